The maximum atomic E-state index is 4.66. The summed E-state index contributed by atoms with van der Waals surface area (Å²) in [6, 6.07) is 14.2. The summed E-state index contributed by atoms with van der Waals surface area (Å²) in [6.07, 6.45) is 1.82. The number of nitrogens with zero attached hydrogens (tertiary/aromatic N) is 4. The van der Waals surface area contributed by atoms with Crippen molar-refractivity contribution < 1.29 is 0 Å². The van der Waals surface area contributed by atoms with Crippen molar-refractivity contribution in [1.29, 1.82) is 0 Å². The van der Waals surface area contributed by atoms with E-state index in [1.807, 2.05) is 56.4 Å². The molecule has 0 N–H and O–H groups in total. The van der Waals surface area contributed by atoms with Gasteiger partial charge in [0.2, 0.25) is 0 Å². The summed E-state index contributed by atoms with van der Waals surface area (Å²) in [5, 5.41) is 2.06. The minimum absolute atomic E-state index is 0.763. The molecule has 0 unspecified atom stereocenters. The van der Waals surface area contributed by atoms with Crippen LogP contribution in [0.15, 0.2) is 48.7 Å². The van der Waals surface area contributed by atoms with Crippen molar-refractivity contribution in [1.82, 2.24) is 19.9 Å². The van der Waals surface area contributed by atoms with Gasteiger partial charge in [0.15, 0.2) is 11.3 Å². The van der Waals surface area contributed by atoms with Gasteiger partial charge < -0.3 is 0 Å². The highest BCUT2D eigenvalue weighted by atomic mass is 14.9. The summed E-state index contributed by atoms with van der Waals surface area (Å²) in [7, 11) is 0. The zero-order valence-electron chi connectivity index (χ0n) is 12.4. The van der Waals surface area contributed by atoms with Crippen molar-refractivity contribution in [2.75, 3.05) is 0 Å². The fraction of sp³-hybridized carbons (Fsp3) is 0.111. The number of rotatable bonds is 1. The van der Waals surface area contributed by atoms with E-state index in [9.17, 15) is 0 Å². The Labute approximate surface area is 127 Å². The van der Waals surface area contributed by atoms with E-state index in [4.69, 9.17) is 0 Å². The van der Waals surface area contributed by atoms with E-state index >= 15 is 0 Å². The molecule has 4 rings (SSSR count). The molecule has 0 saturated carbocycles. The lowest BCUT2D eigenvalue weighted by Crippen LogP contribution is -1.92. The van der Waals surface area contributed by atoms with Gasteiger partial charge in [-0.1, -0.05) is 0 Å². The van der Waals surface area contributed by atoms with E-state index in [-0.39, 0.29) is 0 Å². The molecule has 0 aliphatic rings. The molecule has 0 aromatic carbocycles. The molecule has 4 heteroatoms. The molecule has 0 bridgehead atoms. The lowest BCUT2D eigenvalue weighted by Gasteiger charge is -2.05. The molecule has 0 aliphatic carbocycles. The molecule has 22 heavy (non-hydrogen) atoms. The average molecular weight is 286 g/mol. The fourth-order valence-corrected chi connectivity index (χ4v) is 2.50. The second kappa shape index (κ2) is 4.84. The van der Waals surface area contributed by atoms with Crippen LogP contribution < -0.4 is 0 Å². The van der Waals surface area contributed by atoms with E-state index in [1.165, 1.54) is 0 Å². The predicted molar refractivity (Wildman–Crippen MR) is 87.5 cm³/mol. The monoisotopic (exact) mass is 286 g/mol. The van der Waals surface area contributed by atoms with Crippen LogP contribution in [0.3, 0.4) is 0 Å². The largest absolute Gasteiger partial charge is 0.236 e. The molecule has 4 heterocycles. The van der Waals surface area contributed by atoms with E-state index in [0.717, 1.165) is 44.7 Å². The number of hydrogen-bond acceptors (Lipinski definition) is 4. The van der Waals surface area contributed by atoms with Crippen LogP contribution in [0.5, 0.6) is 0 Å². The lowest BCUT2D eigenvalue weighted by atomic mass is 10.1. The Hall–Kier alpha value is -2.88. The van der Waals surface area contributed by atoms with Gasteiger partial charge in [-0.15, -0.1) is 0 Å². The van der Waals surface area contributed by atoms with Crippen LogP contribution >= 0.6 is 0 Å². The molecule has 4 aromatic rings. The zero-order valence-corrected chi connectivity index (χ0v) is 12.4. The van der Waals surface area contributed by atoms with Crippen LogP contribution in [0.2, 0.25) is 0 Å². The van der Waals surface area contributed by atoms with Crippen LogP contribution in [0.25, 0.3) is 33.3 Å². The van der Waals surface area contributed by atoms with Crippen LogP contribution in [0.4, 0.5) is 0 Å². The van der Waals surface area contributed by atoms with Crippen LogP contribution in [0, 0.1) is 13.8 Å². The first-order valence-corrected chi connectivity index (χ1v) is 7.17. The highest BCUT2D eigenvalue weighted by Gasteiger charge is 2.05. The van der Waals surface area contributed by atoms with Crippen molar-refractivity contribution >= 4 is 22.1 Å². The first kappa shape index (κ1) is 12.8. The summed E-state index contributed by atoms with van der Waals surface area (Å²) < 4.78 is 0. The quantitative estimate of drug-likeness (QED) is 0.533. The number of fused-ring (bicyclic) bond motifs is 2. The minimum atomic E-state index is 0.763. The number of aromatic nitrogens is 4. The van der Waals surface area contributed by atoms with Gasteiger partial charge >= 0.3 is 0 Å². The van der Waals surface area contributed by atoms with E-state index in [0.29, 0.717) is 0 Å². The van der Waals surface area contributed by atoms with Crippen molar-refractivity contribution in [3.05, 3.63) is 60.0 Å². The molecule has 0 aliphatic heterocycles. The second-order valence-corrected chi connectivity index (χ2v) is 5.42. The summed E-state index contributed by atoms with van der Waals surface area (Å²) in [5.74, 6) is 0. The van der Waals surface area contributed by atoms with Gasteiger partial charge in [0.05, 0.1) is 5.69 Å². The molecular weight excluding hydrogens is 272 g/mol. The minimum Gasteiger partial charge on any atom is -0.236 e. The Morgan fingerprint density at radius 1 is 0.682 bits per heavy atom. The standard InChI is InChI=1S/C18H14N4/c1-11-4-6-14-9-15(10-19-17(14)20-11)16-8-7-13-5-3-12(2)21-18(13)22-16/h3-10H,1-2H3. The van der Waals surface area contributed by atoms with Crippen LogP contribution in [-0.2, 0) is 0 Å². The van der Waals surface area contributed by atoms with E-state index in [2.05, 4.69) is 26.0 Å². The summed E-state index contributed by atoms with van der Waals surface area (Å²) in [4.78, 5) is 18.0. The molecule has 0 saturated heterocycles. The molecule has 0 fully saturated rings. The summed E-state index contributed by atoms with van der Waals surface area (Å²) in [5.41, 5.74) is 5.31. The highest BCUT2D eigenvalue weighted by molar-refractivity contribution is 5.82. The topological polar surface area (TPSA) is 51.6 Å². The molecule has 0 spiro atoms. The zero-order chi connectivity index (χ0) is 15.1. The lowest BCUT2D eigenvalue weighted by molar-refractivity contribution is 1.19. The van der Waals surface area contributed by atoms with Crippen molar-refractivity contribution in [3.63, 3.8) is 0 Å². The number of aryl methyl sites for hydroxylation is 2. The predicted octanol–water partition coefficient (Wildman–Crippen LogP) is 3.86. The third-order valence-corrected chi connectivity index (χ3v) is 3.67. The van der Waals surface area contributed by atoms with Crippen LogP contribution in [0.1, 0.15) is 11.4 Å². The second-order valence-electron chi connectivity index (χ2n) is 5.42. The third kappa shape index (κ3) is 2.19. The van der Waals surface area contributed by atoms with Gasteiger partial charge in [-0.3, -0.25) is 0 Å². The SMILES string of the molecule is Cc1ccc2cc(-c3ccc4ccc(C)nc4n3)cnc2n1. The molecule has 106 valence electrons. The Balaban J connectivity index is 1.88. The summed E-state index contributed by atoms with van der Waals surface area (Å²) in [6.45, 7) is 3.94. The van der Waals surface area contributed by atoms with Gasteiger partial charge in [-0.05, 0) is 56.3 Å². The Kier molecular flexibility index (Phi) is 2.82. The van der Waals surface area contributed by atoms with Gasteiger partial charge in [-0.25, -0.2) is 19.9 Å². The van der Waals surface area contributed by atoms with E-state index < -0.39 is 0 Å². The molecule has 4 nitrogen and oxygen atoms in total. The fourth-order valence-electron chi connectivity index (χ4n) is 2.50. The molecule has 0 radical (unpaired) electrons. The average Bonchev–Trinajstić information content (AvgIpc) is 2.53. The van der Waals surface area contributed by atoms with Crippen molar-refractivity contribution in [3.8, 4) is 11.3 Å². The first-order chi connectivity index (χ1) is 10.7. The molecule has 0 atom stereocenters. The summed E-state index contributed by atoms with van der Waals surface area (Å²) >= 11 is 0. The number of hydrogen-bond donors (Lipinski definition) is 0. The highest BCUT2D eigenvalue weighted by Crippen LogP contribution is 2.22. The van der Waals surface area contributed by atoms with Gasteiger partial charge in [-0.2, -0.15) is 0 Å². The van der Waals surface area contributed by atoms with Crippen molar-refractivity contribution in [2.45, 2.75) is 13.8 Å². The third-order valence-electron chi connectivity index (χ3n) is 3.67. The number of pyridine rings is 4. The van der Waals surface area contributed by atoms with Gasteiger partial charge in [0, 0.05) is 33.9 Å². The molecule has 0 amide bonds. The Bertz CT molecular complexity index is 1010. The van der Waals surface area contributed by atoms with Crippen molar-refractivity contribution in [2.24, 2.45) is 0 Å². The van der Waals surface area contributed by atoms with Gasteiger partial charge in [0.25, 0.3) is 0 Å². The van der Waals surface area contributed by atoms with Crippen LogP contribution in [-0.4, -0.2) is 19.9 Å². The maximum Gasteiger partial charge on any atom is 0.160 e. The maximum absolute atomic E-state index is 4.66. The van der Waals surface area contributed by atoms with E-state index in [1.54, 1.807) is 0 Å². The smallest absolute Gasteiger partial charge is 0.160 e. The molecule has 4 aromatic heterocycles. The normalized spacial score (nSPS) is 11.2. The van der Waals surface area contributed by atoms with Gasteiger partial charge in [0.1, 0.15) is 0 Å². The Morgan fingerprint density at radius 3 is 2.18 bits per heavy atom. The molecular formula is C18H14N4. The Morgan fingerprint density at radius 2 is 1.36 bits per heavy atom. The first-order valence-electron chi connectivity index (χ1n) is 7.17.